The van der Waals surface area contributed by atoms with Gasteiger partial charge in [-0.3, -0.25) is 14.7 Å². The Balaban J connectivity index is 2.00. The van der Waals surface area contributed by atoms with Crippen LogP contribution in [0.2, 0.25) is 0 Å². The number of carbonyl (C=O) groups is 1. The van der Waals surface area contributed by atoms with Gasteiger partial charge in [0.1, 0.15) is 0 Å². The van der Waals surface area contributed by atoms with E-state index in [-0.39, 0.29) is 5.91 Å². The largest absolute Gasteiger partial charge is 0.321 e. The highest BCUT2D eigenvalue weighted by molar-refractivity contribution is 6.04. The van der Waals surface area contributed by atoms with E-state index in [0.29, 0.717) is 11.3 Å². The van der Waals surface area contributed by atoms with Gasteiger partial charge >= 0.3 is 0 Å². The van der Waals surface area contributed by atoms with E-state index in [4.69, 9.17) is 0 Å². The van der Waals surface area contributed by atoms with Crippen LogP contribution in [0.25, 0.3) is 0 Å². The van der Waals surface area contributed by atoms with Gasteiger partial charge in [0.15, 0.2) is 0 Å². The van der Waals surface area contributed by atoms with Crippen LogP contribution in [0.3, 0.4) is 0 Å². The quantitative estimate of drug-likeness (QED) is 0.885. The van der Waals surface area contributed by atoms with Crippen molar-refractivity contribution in [3.63, 3.8) is 0 Å². The highest BCUT2D eigenvalue weighted by Crippen LogP contribution is 2.10. The van der Waals surface area contributed by atoms with Gasteiger partial charge in [0, 0.05) is 18.3 Å². The maximum atomic E-state index is 12.1. The molecule has 1 aromatic heterocycles. The molecular formula is C17H21N3O. The minimum Gasteiger partial charge on any atom is -0.321 e. The molecule has 2 rings (SSSR count). The van der Waals surface area contributed by atoms with Gasteiger partial charge in [-0.2, -0.15) is 0 Å². The number of hydrogen-bond donors (Lipinski definition) is 1. The van der Waals surface area contributed by atoms with E-state index in [9.17, 15) is 4.79 Å². The smallest absolute Gasteiger partial charge is 0.255 e. The molecule has 0 saturated carbocycles. The Morgan fingerprint density at radius 1 is 1.14 bits per heavy atom. The molecule has 0 radical (unpaired) electrons. The third-order valence-corrected chi connectivity index (χ3v) is 3.44. The van der Waals surface area contributed by atoms with Crippen LogP contribution in [-0.2, 0) is 6.54 Å². The molecule has 0 atom stereocenters. The molecule has 0 aliphatic carbocycles. The van der Waals surface area contributed by atoms with Crippen LogP contribution in [0.1, 0.15) is 29.8 Å². The van der Waals surface area contributed by atoms with Crippen molar-refractivity contribution in [2.24, 2.45) is 0 Å². The first-order valence-corrected chi connectivity index (χ1v) is 7.25. The summed E-state index contributed by atoms with van der Waals surface area (Å²) < 4.78 is 0. The number of rotatable bonds is 6. The van der Waals surface area contributed by atoms with E-state index in [1.165, 1.54) is 5.56 Å². The van der Waals surface area contributed by atoms with Gasteiger partial charge in [-0.25, -0.2) is 0 Å². The van der Waals surface area contributed by atoms with Crippen molar-refractivity contribution in [1.29, 1.82) is 0 Å². The van der Waals surface area contributed by atoms with E-state index in [2.05, 4.69) is 29.0 Å². The standard InChI is InChI=1S/C17H21N3O/c1-3-20(4-2)13-14-7-9-15(10-8-14)17(21)19-16-6-5-11-18-12-16/h5-12H,3-4,13H2,1-2H3,(H,19,21). The van der Waals surface area contributed by atoms with Crippen molar-refractivity contribution in [2.75, 3.05) is 18.4 Å². The number of pyridine rings is 1. The van der Waals surface area contributed by atoms with Gasteiger partial charge < -0.3 is 5.32 Å². The lowest BCUT2D eigenvalue weighted by atomic mass is 10.1. The second-order valence-electron chi connectivity index (χ2n) is 4.85. The Morgan fingerprint density at radius 3 is 2.43 bits per heavy atom. The second-order valence-corrected chi connectivity index (χ2v) is 4.85. The average Bonchev–Trinajstić information content (AvgIpc) is 2.54. The molecule has 0 spiro atoms. The minimum atomic E-state index is -0.114. The van der Waals surface area contributed by atoms with Crippen LogP contribution >= 0.6 is 0 Å². The molecule has 1 N–H and O–H groups in total. The summed E-state index contributed by atoms with van der Waals surface area (Å²) in [7, 11) is 0. The fourth-order valence-electron chi connectivity index (χ4n) is 2.11. The third-order valence-electron chi connectivity index (χ3n) is 3.44. The lowest BCUT2D eigenvalue weighted by molar-refractivity contribution is 0.102. The first-order valence-electron chi connectivity index (χ1n) is 7.25. The summed E-state index contributed by atoms with van der Waals surface area (Å²) in [6, 6.07) is 11.4. The average molecular weight is 283 g/mol. The number of aromatic nitrogens is 1. The predicted molar refractivity (Wildman–Crippen MR) is 85.3 cm³/mol. The van der Waals surface area contributed by atoms with E-state index in [0.717, 1.165) is 19.6 Å². The minimum absolute atomic E-state index is 0.114. The SMILES string of the molecule is CCN(CC)Cc1ccc(C(=O)Nc2cccnc2)cc1. The van der Waals surface area contributed by atoms with Crippen LogP contribution in [-0.4, -0.2) is 28.9 Å². The van der Waals surface area contributed by atoms with Crippen molar-refractivity contribution < 1.29 is 4.79 Å². The topological polar surface area (TPSA) is 45.2 Å². The molecule has 0 aliphatic heterocycles. The molecule has 21 heavy (non-hydrogen) atoms. The zero-order chi connectivity index (χ0) is 15.1. The summed E-state index contributed by atoms with van der Waals surface area (Å²) >= 11 is 0. The summed E-state index contributed by atoms with van der Waals surface area (Å²) in [5.41, 5.74) is 2.58. The van der Waals surface area contributed by atoms with Crippen molar-refractivity contribution in [1.82, 2.24) is 9.88 Å². The lowest BCUT2D eigenvalue weighted by Crippen LogP contribution is -2.22. The highest BCUT2D eigenvalue weighted by Gasteiger charge is 2.07. The molecule has 0 bridgehead atoms. The summed E-state index contributed by atoms with van der Waals surface area (Å²) in [6.07, 6.45) is 3.31. The first-order chi connectivity index (χ1) is 10.2. The summed E-state index contributed by atoms with van der Waals surface area (Å²) in [5.74, 6) is -0.114. The molecule has 1 aromatic carbocycles. The summed E-state index contributed by atoms with van der Waals surface area (Å²) in [6.45, 7) is 7.27. The Hall–Kier alpha value is -2.20. The Morgan fingerprint density at radius 2 is 1.86 bits per heavy atom. The Bertz CT molecular complexity index is 562. The van der Waals surface area contributed by atoms with E-state index < -0.39 is 0 Å². The van der Waals surface area contributed by atoms with Crippen molar-refractivity contribution in [2.45, 2.75) is 20.4 Å². The number of nitrogens with zero attached hydrogens (tertiary/aromatic N) is 2. The monoisotopic (exact) mass is 283 g/mol. The summed E-state index contributed by atoms with van der Waals surface area (Å²) in [4.78, 5) is 18.4. The number of amides is 1. The molecule has 1 amide bonds. The van der Waals surface area contributed by atoms with Gasteiger partial charge in [0.05, 0.1) is 11.9 Å². The first kappa shape index (κ1) is 15.2. The van der Waals surface area contributed by atoms with Crippen LogP contribution in [0.15, 0.2) is 48.8 Å². The number of benzene rings is 1. The number of carbonyl (C=O) groups excluding carboxylic acids is 1. The fraction of sp³-hybridized carbons (Fsp3) is 0.294. The predicted octanol–water partition coefficient (Wildman–Crippen LogP) is 3.18. The van der Waals surface area contributed by atoms with Crippen LogP contribution in [0.4, 0.5) is 5.69 Å². The third kappa shape index (κ3) is 4.39. The second kappa shape index (κ2) is 7.55. The zero-order valence-electron chi connectivity index (χ0n) is 12.5. The van der Waals surface area contributed by atoms with E-state index in [1.807, 2.05) is 30.3 Å². The molecule has 110 valence electrons. The molecule has 1 heterocycles. The van der Waals surface area contributed by atoms with Gasteiger partial charge in [-0.15, -0.1) is 0 Å². The molecule has 0 saturated heterocycles. The van der Waals surface area contributed by atoms with Crippen LogP contribution in [0, 0.1) is 0 Å². The van der Waals surface area contributed by atoms with E-state index in [1.54, 1.807) is 18.5 Å². The Kier molecular flexibility index (Phi) is 5.46. The number of hydrogen-bond acceptors (Lipinski definition) is 3. The molecule has 4 heteroatoms. The number of nitrogens with one attached hydrogen (secondary N) is 1. The molecule has 0 unspecified atom stereocenters. The zero-order valence-corrected chi connectivity index (χ0v) is 12.5. The maximum absolute atomic E-state index is 12.1. The highest BCUT2D eigenvalue weighted by atomic mass is 16.1. The maximum Gasteiger partial charge on any atom is 0.255 e. The number of anilines is 1. The van der Waals surface area contributed by atoms with Gasteiger partial charge in [-0.1, -0.05) is 26.0 Å². The van der Waals surface area contributed by atoms with Crippen molar-refractivity contribution in [3.05, 3.63) is 59.9 Å². The van der Waals surface area contributed by atoms with Crippen LogP contribution in [0.5, 0.6) is 0 Å². The molecule has 0 aliphatic rings. The van der Waals surface area contributed by atoms with Crippen molar-refractivity contribution in [3.8, 4) is 0 Å². The van der Waals surface area contributed by atoms with Crippen LogP contribution < -0.4 is 5.32 Å². The van der Waals surface area contributed by atoms with Gasteiger partial charge in [0.25, 0.3) is 5.91 Å². The molecule has 2 aromatic rings. The van der Waals surface area contributed by atoms with Gasteiger partial charge in [0.2, 0.25) is 0 Å². The lowest BCUT2D eigenvalue weighted by Gasteiger charge is -2.18. The van der Waals surface area contributed by atoms with Crippen molar-refractivity contribution >= 4 is 11.6 Å². The van der Waals surface area contributed by atoms with Gasteiger partial charge in [-0.05, 0) is 42.9 Å². The summed E-state index contributed by atoms with van der Waals surface area (Å²) in [5, 5.41) is 2.83. The van der Waals surface area contributed by atoms with E-state index >= 15 is 0 Å². The molecule has 4 nitrogen and oxygen atoms in total. The molecular weight excluding hydrogens is 262 g/mol. The fourth-order valence-corrected chi connectivity index (χ4v) is 2.11. The Labute approximate surface area is 125 Å². The normalized spacial score (nSPS) is 10.6. The molecule has 0 fully saturated rings.